The van der Waals surface area contributed by atoms with Crippen molar-refractivity contribution < 1.29 is 19.7 Å². The molecule has 9 heteroatoms. The molecule has 2 rings (SSSR count). The number of nitrogens with zero attached hydrogens (tertiary/aromatic N) is 3. The Labute approximate surface area is 129 Å². The molecule has 0 aliphatic heterocycles. The summed E-state index contributed by atoms with van der Waals surface area (Å²) >= 11 is 0. The highest BCUT2D eigenvalue weighted by atomic mass is 16.6. The number of aromatic hydroxyl groups is 1. The summed E-state index contributed by atoms with van der Waals surface area (Å²) in [5.41, 5.74) is 0.0718. The van der Waals surface area contributed by atoms with Gasteiger partial charge in [0.25, 0.3) is 11.4 Å². The third kappa shape index (κ3) is 3.59. The Morgan fingerprint density at radius 3 is 2.30 bits per heavy atom. The first-order valence-electron chi connectivity index (χ1n) is 6.26. The molecule has 2 aromatic rings. The predicted octanol–water partition coefficient (Wildman–Crippen LogP) is 2.97. The van der Waals surface area contributed by atoms with Gasteiger partial charge in [-0.3, -0.25) is 25.2 Å². The maximum absolute atomic E-state index is 10.7. The van der Waals surface area contributed by atoms with E-state index in [9.17, 15) is 25.3 Å². The number of nitro benzene ring substituents is 2. The Morgan fingerprint density at radius 2 is 1.70 bits per heavy atom. The van der Waals surface area contributed by atoms with Crippen LogP contribution in [0, 0.1) is 20.2 Å². The molecule has 0 radical (unpaired) electrons. The monoisotopic (exact) mass is 317 g/mol. The van der Waals surface area contributed by atoms with Crippen LogP contribution in [-0.2, 0) is 0 Å². The molecule has 1 N–H and O–H groups in total. The van der Waals surface area contributed by atoms with Crippen molar-refractivity contribution >= 4 is 23.3 Å². The van der Waals surface area contributed by atoms with Gasteiger partial charge in [0.2, 0.25) is 0 Å². The molecule has 0 saturated heterocycles. The molecule has 0 saturated carbocycles. The molecule has 0 aliphatic carbocycles. The van der Waals surface area contributed by atoms with Gasteiger partial charge in [-0.1, -0.05) is 0 Å². The lowest BCUT2D eigenvalue weighted by molar-refractivity contribution is -0.385. The molecule has 9 nitrogen and oxygen atoms in total. The number of phenolic OH excluding ortho intramolecular Hbond substituents is 1. The van der Waals surface area contributed by atoms with E-state index < -0.39 is 9.85 Å². The van der Waals surface area contributed by atoms with Crippen molar-refractivity contribution in [2.45, 2.75) is 0 Å². The summed E-state index contributed by atoms with van der Waals surface area (Å²) in [7, 11) is 1.34. The lowest BCUT2D eigenvalue weighted by Crippen LogP contribution is -1.92. The molecule has 0 fully saturated rings. The Hall–Kier alpha value is -3.49. The van der Waals surface area contributed by atoms with Crippen LogP contribution >= 0.6 is 0 Å². The topological polar surface area (TPSA) is 128 Å². The van der Waals surface area contributed by atoms with Gasteiger partial charge in [-0.05, 0) is 12.1 Å². The lowest BCUT2D eigenvalue weighted by atomic mass is 10.2. The van der Waals surface area contributed by atoms with E-state index in [2.05, 4.69) is 4.99 Å². The van der Waals surface area contributed by atoms with E-state index in [-0.39, 0.29) is 34.1 Å². The first-order chi connectivity index (χ1) is 10.9. The maximum atomic E-state index is 10.7. The summed E-state index contributed by atoms with van der Waals surface area (Å²) in [6, 6.07) is 7.35. The van der Waals surface area contributed by atoms with Crippen LogP contribution in [0.1, 0.15) is 5.56 Å². The molecular formula is C14H11N3O6. The van der Waals surface area contributed by atoms with E-state index in [1.165, 1.54) is 43.7 Å². The van der Waals surface area contributed by atoms with Gasteiger partial charge in [0.1, 0.15) is 11.4 Å². The highest BCUT2D eigenvalue weighted by molar-refractivity contribution is 5.87. The van der Waals surface area contributed by atoms with Gasteiger partial charge in [0.15, 0.2) is 5.75 Å². The molecule has 0 bridgehead atoms. The molecule has 0 atom stereocenters. The van der Waals surface area contributed by atoms with Gasteiger partial charge in [0.05, 0.1) is 23.0 Å². The Bertz CT molecular complexity index is 803. The van der Waals surface area contributed by atoms with Gasteiger partial charge in [-0.25, -0.2) is 0 Å². The first kappa shape index (κ1) is 15.9. The number of ether oxygens (including phenoxy) is 1. The van der Waals surface area contributed by atoms with Crippen LogP contribution in [0.4, 0.5) is 17.1 Å². The van der Waals surface area contributed by atoms with Crippen LogP contribution in [0.2, 0.25) is 0 Å². The zero-order valence-electron chi connectivity index (χ0n) is 11.9. The van der Waals surface area contributed by atoms with E-state index in [0.717, 1.165) is 6.07 Å². The number of hydrogen-bond donors (Lipinski definition) is 1. The molecule has 0 unspecified atom stereocenters. The third-order valence-electron chi connectivity index (χ3n) is 2.94. The molecular weight excluding hydrogens is 306 g/mol. The number of benzene rings is 2. The number of nitro groups is 2. The van der Waals surface area contributed by atoms with Crippen molar-refractivity contribution in [3.05, 3.63) is 62.2 Å². The van der Waals surface area contributed by atoms with Crippen LogP contribution in [0.15, 0.2) is 41.4 Å². The second kappa shape index (κ2) is 6.52. The van der Waals surface area contributed by atoms with Crippen LogP contribution in [0.3, 0.4) is 0 Å². The summed E-state index contributed by atoms with van der Waals surface area (Å²) in [5.74, 6) is -0.0133. The molecule has 0 aliphatic rings. The minimum absolute atomic E-state index is 0.139. The minimum Gasteiger partial charge on any atom is -0.507 e. The largest absolute Gasteiger partial charge is 0.507 e. The van der Waals surface area contributed by atoms with Gasteiger partial charge in [-0.2, -0.15) is 0 Å². The maximum Gasteiger partial charge on any atom is 0.273 e. The number of phenols is 1. The fraction of sp³-hybridized carbons (Fsp3) is 0.0714. The van der Waals surface area contributed by atoms with Crippen molar-refractivity contribution in [3.63, 3.8) is 0 Å². The summed E-state index contributed by atoms with van der Waals surface area (Å²) < 4.78 is 5.03. The van der Waals surface area contributed by atoms with E-state index >= 15 is 0 Å². The Morgan fingerprint density at radius 1 is 1.09 bits per heavy atom. The van der Waals surface area contributed by atoms with Gasteiger partial charge < -0.3 is 9.84 Å². The Balaban J connectivity index is 2.38. The van der Waals surface area contributed by atoms with Crippen molar-refractivity contribution in [2.24, 2.45) is 4.99 Å². The lowest BCUT2D eigenvalue weighted by Gasteiger charge is -2.04. The molecule has 0 amide bonds. The van der Waals surface area contributed by atoms with Crippen LogP contribution in [0.25, 0.3) is 0 Å². The van der Waals surface area contributed by atoms with E-state index in [1.807, 2.05) is 0 Å². The number of non-ortho nitro benzene ring substituents is 2. The van der Waals surface area contributed by atoms with E-state index in [1.54, 1.807) is 0 Å². The predicted molar refractivity (Wildman–Crippen MR) is 81.7 cm³/mol. The summed E-state index contributed by atoms with van der Waals surface area (Å²) in [5, 5.41) is 31.2. The van der Waals surface area contributed by atoms with Crippen LogP contribution < -0.4 is 4.74 Å². The minimum atomic E-state index is -0.594. The second-order valence-corrected chi connectivity index (χ2v) is 4.37. The fourth-order valence-electron chi connectivity index (χ4n) is 1.78. The van der Waals surface area contributed by atoms with Gasteiger partial charge in [0, 0.05) is 30.0 Å². The quantitative estimate of drug-likeness (QED) is 0.513. The average molecular weight is 317 g/mol. The summed E-state index contributed by atoms with van der Waals surface area (Å²) in [4.78, 5) is 24.3. The molecule has 0 heterocycles. The highest BCUT2D eigenvalue weighted by Crippen LogP contribution is 2.31. The molecule has 0 spiro atoms. The number of methoxy groups -OCH3 is 1. The standard InChI is InChI=1S/C14H11N3O6/c1-23-14-7-11(17(21)22)2-4-12(14)15-8-9-6-10(16(19)20)3-5-13(9)18/h2-8,18H,1H3. The fourth-order valence-corrected chi connectivity index (χ4v) is 1.78. The normalized spacial score (nSPS) is 10.7. The van der Waals surface area contributed by atoms with E-state index in [4.69, 9.17) is 4.74 Å². The molecule has 23 heavy (non-hydrogen) atoms. The average Bonchev–Trinajstić information content (AvgIpc) is 2.53. The van der Waals surface area contributed by atoms with Crippen molar-refractivity contribution in [1.82, 2.24) is 0 Å². The molecule has 118 valence electrons. The zero-order valence-corrected chi connectivity index (χ0v) is 11.9. The number of rotatable bonds is 5. The van der Waals surface area contributed by atoms with E-state index in [0.29, 0.717) is 0 Å². The summed E-state index contributed by atoms with van der Waals surface area (Å²) in [6.07, 6.45) is 1.21. The zero-order chi connectivity index (χ0) is 17.0. The highest BCUT2D eigenvalue weighted by Gasteiger charge is 2.12. The number of aliphatic imine (C=N–C) groups is 1. The third-order valence-corrected chi connectivity index (χ3v) is 2.94. The van der Waals surface area contributed by atoms with Crippen LogP contribution in [-0.4, -0.2) is 28.3 Å². The molecule has 0 aromatic heterocycles. The van der Waals surface area contributed by atoms with Gasteiger partial charge >= 0.3 is 0 Å². The van der Waals surface area contributed by atoms with Crippen LogP contribution in [0.5, 0.6) is 11.5 Å². The second-order valence-electron chi connectivity index (χ2n) is 4.37. The van der Waals surface area contributed by atoms with Crippen molar-refractivity contribution in [2.75, 3.05) is 7.11 Å². The number of hydrogen-bond acceptors (Lipinski definition) is 7. The Kier molecular flexibility index (Phi) is 4.50. The first-order valence-corrected chi connectivity index (χ1v) is 6.26. The van der Waals surface area contributed by atoms with Crippen molar-refractivity contribution in [3.8, 4) is 11.5 Å². The smallest absolute Gasteiger partial charge is 0.273 e. The SMILES string of the molecule is COc1cc([N+](=O)[O-])ccc1N=Cc1cc([N+](=O)[O-])ccc1O. The van der Waals surface area contributed by atoms with Crippen molar-refractivity contribution in [1.29, 1.82) is 0 Å². The molecule has 2 aromatic carbocycles. The van der Waals surface area contributed by atoms with Gasteiger partial charge in [-0.15, -0.1) is 0 Å². The summed E-state index contributed by atoms with van der Waals surface area (Å²) in [6.45, 7) is 0.